The maximum absolute atomic E-state index is 6.49. The van der Waals surface area contributed by atoms with Crippen LogP contribution < -0.4 is 9.80 Å². The van der Waals surface area contributed by atoms with Gasteiger partial charge in [-0.3, -0.25) is 0 Å². The van der Waals surface area contributed by atoms with Crippen molar-refractivity contribution in [3.63, 3.8) is 0 Å². The number of hydrogen-bond donors (Lipinski definition) is 0. The summed E-state index contributed by atoms with van der Waals surface area (Å²) in [6.07, 6.45) is 0. The number of hydrogen-bond acceptors (Lipinski definition) is 4. The van der Waals surface area contributed by atoms with E-state index in [1.165, 1.54) is 26.9 Å². The van der Waals surface area contributed by atoms with Crippen molar-refractivity contribution in [3.05, 3.63) is 206 Å². The van der Waals surface area contributed by atoms with Gasteiger partial charge >= 0.3 is 0 Å². The molecular weight excluding hydrogens is 709 g/mol. The van der Waals surface area contributed by atoms with Crippen LogP contribution >= 0.6 is 0 Å². The van der Waals surface area contributed by atoms with Crippen LogP contribution in [0.1, 0.15) is 0 Å². The molecule has 0 saturated carbocycles. The van der Waals surface area contributed by atoms with Crippen LogP contribution in [0, 0.1) is 0 Å². The Morgan fingerprint density at radius 1 is 0.259 bits per heavy atom. The molecule has 10 aromatic carbocycles. The first-order valence-corrected chi connectivity index (χ1v) is 19.7. The number of rotatable bonds is 6. The van der Waals surface area contributed by atoms with Gasteiger partial charge in [0.15, 0.2) is 0 Å². The molecule has 0 spiro atoms. The highest BCUT2D eigenvalue weighted by Gasteiger charge is 2.22. The number of benzene rings is 10. The van der Waals surface area contributed by atoms with Crippen molar-refractivity contribution in [2.75, 3.05) is 9.80 Å². The molecular formula is C54H34N2O2. The Morgan fingerprint density at radius 2 is 0.793 bits per heavy atom. The van der Waals surface area contributed by atoms with Crippen LogP contribution in [-0.2, 0) is 0 Å². The minimum atomic E-state index is 0.849. The normalized spacial score (nSPS) is 11.8. The molecule has 4 nitrogen and oxygen atoms in total. The molecule has 0 bridgehead atoms. The van der Waals surface area contributed by atoms with E-state index in [0.29, 0.717) is 0 Å². The van der Waals surface area contributed by atoms with E-state index < -0.39 is 0 Å². The molecule has 12 aromatic rings. The van der Waals surface area contributed by atoms with Crippen molar-refractivity contribution in [2.45, 2.75) is 0 Å². The van der Waals surface area contributed by atoms with Gasteiger partial charge in [0.1, 0.15) is 22.3 Å². The Morgan fingerprint density at radius 3 is 1.66 bits per heavy atom. The number of nitrogens with zero attached hydrogens (tertiary/aromatic N) is 2. The van der Waals surface area contributed by atoms with Gasteiger partial charge in [-0.2, -0.15) is 0 Å². The van der Waals surface area contributed by atoms with E-state index in [1.807, 2.05) is 18.2 Å². The summed E-state index contributed by atoms with van der Waals surface area (Å²) in [5.41, 5.74) is 9.88. The summed E-state index contributed by atoms with van der Waals surface area (Å²) in [5, 5.41) is 11.5. The summed E-state index contributed by atoms with van der Waals surface area (Å²) in [6.45, 7) is 0. The Balaban J connectivity index is 1.12. The van der Waals surface area contributed by atoms with Gasteiger partial charge in [0.25, 0.3) is 0 Å². The minimum Gasteiger partial charge on any atom is -0.456 e. The van der Waals surface area contributed by atoms with Crippen molar-refractivity contribution in [1.29, 1.82) is 0 Å². The first kappa shape index (κ1) is 32.4. The van der Waals surface area contributed by atoms with Crippen LogP contribution in [0.15, 0.2) is 215 Å². The molecule has 2 heterocycles. The van der Waals surface area contributed by atoms with Crippen molar-refractivity contribution >= 4 is 110 Å². The zero-order chi connectivity index (χ0) is 38.2. The summed E-state index contributed by atoms with van der Waals surface area (Å²) in [5.74, 6) is 0. The van der Waals surface area contributed by atoms with Crippen LogP contribution in [0.2, 0.25) is 0 Å². The topological polar surface area (TPSA) is 32.8 Å². The summed E-state index contributed by atoms with van der Waals surface area (Å²) in [7, 11) is 0. The zero-order valence-corrected chi connectivity index (χ0v) is 31.3. The average molecular weight is 743 g/mol. The standard InChI is InChI=1S/C54H34N2O2/c1-2-15-38(16-3-1)55(48-22-10-14-35-13-4-5-19-42(35)48)39-17-11-18-40(32-39)56(49-23-12-26-52-54(49)44-21-7-9-25-51(44)57-52)41-30-29-36-27-28-37-31-53-47(34-46(37)45(36)33-41)43-20-6-8-24-50(43)58-53/h1-34H. The van der Waals surface area contributed by atoms with Gasteiger partial charge in [0.05, 0.1) is 16.8 Å². The molecule has 12 rings (SSSR count). The minimum absolute atomic E-state index is 0.849. The smallest absolute Gasteiger partial charge is 0.137 e. The van der Waals surface area contributed by atoms with Crippen molar-refractivity contribution in [2.24, 2.45) is 0 Å². The molecule has 58 heavy (non-hydrogen) atoms. The zero-order valence-electron chi connectivity index (χ0n) is 31.3. The first-order chi connectivity index (χ1) is 28.7. The summed E-state index contributed by atoms with van der Waals surface area (Å²) < 4.78 is 12.8. The molecule has 0 aliphatic carbocycles. The van der Waals surface area contributed by atoms with E-state index in [1.54, 1.807) is 0 Å². The first-order valence-electron chi connectivity index (χ1n) is 19.7. The van der Waals surface area contributed by atoms with E-state index in [0.717, 1.165) is 83.4 Å². The number of furan rings is 2. The SMILES string of the molecule is c1ccc(N(c2cccc(N(c3ccc4ccc5cc6oc7ccccc7c6cc5c4c3)c3cccc4oc5ccccc5c34)c2)c2cccc3ccccc23)cc1. The maximum atomic E-state index is 6.49. The number of fused-ring (bicyclic) bond motifs is 10. The largest absolute Gasteiger partial charge is 0.456 e. The molecule has 272 valence electrons. The third-order valence-electron chi connectivity index (χ3n) is 11.6. The Labute approximate surface area is 334 Å². The Bertz CT molecular complexity index is 3540. The van der Waals surface area contributed by atoms with Crippen molar-refractivity contribution in [3.8, 4) is 0 Å². The van der Waals surface area contributed by atoms with Crippen LogP contribution in [0.4, 0.5) is 34.1 Å². The van der Waals surface area contributed by atoms with Gasteiger partial charge in [-0.05, 0) is 112 Å². The van der Waals surface area contributed by atoms with Crippen molar-refractivity contribution < 1.29 is 8.83 Å². The fourth-order valence-corrected chi connectivity index (χ4v) is 8.95. The highest BCUT2D eigenvalue weighted by Crippen LogP contribution is 2.47. The predicted octanol–water partition coefficient (Wildman–Crippen LogP) is 15.9. The second-order valence-electron chi connectivity index (χ2n) is 14.9. The lowest BCUT2D eigenvalue weighted by Gasteiger charge is -2.30. The lowest BCUT2D eigenvalue weighted by atomic mass is 9.98. The predicted molar refractivity (Wildman–Crippen MR) is 243 cm³/mol. The Hall–Kier alpha value is -7.82. The third kappa shape index (κ3) is 5.09. The molecule has 0 aliphatic rings. The van der Waals surface area contributed by atoms with Gasteiger partial charge in [-0.1, -0.05) is 121 Å². The van der Waals surface area contributed by atoms with Crippen LogP contribution in [0.5, 0.6) is 0 Å². The van der Waals surface area contributed by atoms with Gasteiger partial charge in [0, 0.05) is 44.3 Å². The fraction of sp³-hybridized carbons (Fsp3) is 0. The van der Waals surface area contributed by atoms with E-state index in [2.05, 4.69) is 198 Å². The number of anilines is 6. The van der Waals surface area contributed by atoms with Crippen LogP contribution in [0.3, 0.4) is 0 Å². The van der Waals surface area contributed by atoms with Crippen LogP contribution in [-0.4, -0.2) is 0 Å². The van der Waals surface area contributed by atoms with Gasteiger partial charge in [0.2, 0.25) is 0 Å². The molecule has 2 aromatic heterocycles. The fourth-order valence-electron chi connectivity index (χ4n) is 8.95. The molecule has 0 saturated heterocycles. The van der Waals surface area contributed by atoms with E-state index in [-0.39, 0.29) is 0 Å². The van der Waals surface area contributed by atoms with E-state index in [9.17, 15) is 0 Å². The lowest BCUT2D eigenvalue weighted by Crippen LogP contribution is -2.13. The summed E-state index contributed by atoms with van der Waals surface area (Å²) in [4.78, 5) is 4.76. The maximum Gasteiger partial charge on any atom is 0.137 e. The van der Waals surface area contributed by atoms with Gasteiger partial charge in [-0.25, -0.2) is 0 Å². The Kier molecular flexibility index (Phi) is 7.20. The molecule has 0 atom stereocenters. The van der Waals surface area contributed by atoms with Crippen molar-refractivity contribution in [1.82, 2.24) is 0 Å². The highest BCUT2D eigenvalue weighted by atomic mass is 16.3. The third-order valence-corrected chi connectivity index (χ3v) is 11.6. The molecule has 4 heteroatoms. The second-order valence-corrected chi connectivity index (χ2v) is 14.9. The van der Waals surface area contributed by atoms with Gasteiger partial charge < -0.3 is 18.6 Å². The summed E-state index contributed by atoms with van der Waals surface area (Å²) >= 11 is 0. The molecule has 0 aliphatic heterocycles. The van der Waals surface area contributed by atoms with E-state index >= 15 is 0 Å². The summed E-state index contributed by atoms with van der Waals surface area (Å²) in [6, 6.07) is 73.4. The average Bonchev–Trinajstić information content (AvgIpc) is 3.85. The molecule has 0 unspecified atom stereocenters. The number of para-hydroxylation sites is 3. The molecule has 0 N–H and O–H groups in total. The lowest BCUT2D eigenvalue weighted by molar-refractivity contribution is 0.669. The van der Waals surface area contributed by atoms with Gasteiger partial charge in [-0.15, -0.1) is 0 Å². The van der Waals surface area contributed by atoms with Crippen LogP contribution in [0.25, 0.3) is 76.2 Å². The highest BCUT2D eigenvalue weighted by molar-refractivity contribution is 6.18. The second kappa shape index (κ2) is 12.9. The molecule has 0 fully saturated rings. The monoisotopic (exact) mass is 742 g/mol. The molecule has 0 amide bonds. The quantitative estimate of drug-likeness (QED) is 0.159. The molecule has 0 radical (unpaired) electrons. The van der Waals surface area contributed by atoms with E-state index in [4.69, 9.17) is 8.83 Å².